The highest BCUT2D eigenvalue weighted by molar-refractivity contribution is 6.32. The second-order valence-corrected chi connectivity index (χ2v) is 6.44. The molecule has 1 aromatic carbocycles. The van der Waals surface area contributed by atoms with Crippen molar-refractivity contribution in [2.75, 3.05) is 21.1 Å². The Morgan fingerprint density at radius 3 is 2.30 bits per heavy atom. The minimum Gasteiger partial charge on any atom is -0.304 e. The monoisotopic (exact) mass is 339 g/mol. The average molecular weight is 340 g/mol. The zero-order valence-corrected chi connectivity index (χ0v) is 15.5. The number of rotatable bonds is 6. The van der Waals surface area contributed by atoms with Crippen LogP contribution in [0.1, 0.15) is 25.8 Å². The fraction of sp³-hybridized carbons (Fsp3) is 0.389. The highest BCUT2D eigenvalue weighted by Gasteiger charge is 2.23. The third-order valence-electron chi connectivity index (χ3n) is 3.01. The van der Waals surface area contributed by atoms with Gasteiger partial charge >= 0.3 is 0 Å². The minimum atomic E-state index is -0.267. The summed E-state index contributed by atoms with van der Waals surface area (Å²) in [6.07, 6.45) is 2.53. The zero-order chi connectivity index (χ0) is 18.0. The third kappa shape index (κ3) is 8.55. The maximum atomic E-state index is 11.1. The van der Waals surface area contributed by atoms with Gasteiger partial charge in [0.1, 0.15) is 0 Å². The topological polar surface area (TPSA) is 38.3 Å². The fourth-order valence-corrected chi connectivity index (χ4v) is 1.85. The van der Waals surface area contributed by atoms with E-state index in [1.54, 1.807) is 13.0 Å². The normalized spacial score (nSPS) is 11.7. The van der Waals surface area contributed by atoms with Crippen LogP contribution >= 0.6 is 11.6 Å². The van der Waals surface area contributed by atoms with Gasteiger partial charge < -0.3 is 4.48 Å². The number of hydroxylamine groups is 1. The van der Waals surface area contributed by atoms with Crippen LogP contribution < -0.4 is 5.48 Å². The molecule has 0 aliphatic heterocycles. The molecule has 23 heavy (non-hydrogen) atoms. The van der Waals surface area contributed by atoms with Crippen molar-refractivity contribution in [1.82, 2.24) is 5.48 Å². The Morgan fingerprint density at radius 1 is 1.39 bits per heavy atom. The van der Waals surface area contributed by atoms with Gasteiger partial charge in [-0.2, -0.15) is 0 Å². The van der Waals surface area contributed by atoms with Crippen LogP contribution in [0.4, 0.5) is 0 Å². The van der Waals surface area contributed by atoms with Crippen molar-refractivity contribution in [2.45, 2.75) is 26.5 Å². The Labute approximate surface area is 144 Å². The Hall–Kier alpha value is -1.62. The Balaban J connectivity index is 0.000000459. The van der Waals surface area contributed by atoms with Gasteiger partial charge in [0.25, 0.3) is 5.91 Å². The van der Waals surface area contributed by atoms with E-state index in [2.05, 4.69) is 18.6 Å². The van der Waals surface area contributed by atoms with Crippen LogP contribution in [0.25, 0.3) is 6.08 Å². The zero-order valence-electron chi connectivity index (χ0n) is 14.7. The van der Waals surface area contributed by atoms with Gasteiger partial charge in [-0.15, -0.1) is 0 Å². The first-order valence-electron chi connectivity index (χ1n) is 7.43. The van der Waals surface area contributed by atoms with E-state index in [1.807, 2.05) is 52.3 Å². The van der Waals surface area contributed by atoms with Gasteiger partial charge in [-0.3, -0.25) is 4.79 Å². The fourth-order valence-electron chi connectivity index (χ4n) is 1.64. The van der Waals surface area contributed by atoms with Crippen LogP contribution in [0.2, 0.25) is 5.02 Å². The number of quaternary nitrogens is 1. The molecule has 1 amide bonds. The molecule has 1 unspecified atom stereocenters. The molecular weight excluding hydrogens is 312 g/mol. The SMILES string of the molecule is C=C(C)C(=O)NOC(CC)[N+](C)(C)C.C=Cc1ccccc1Cl. The van der Waals surface area contributed by atoms with Gasteiger partial charge in [-0.1, -0.05) is 56.0 Å². The molecule has 5 heteroatoms. The van der Waals surface area contributed by atoms with Crippen molar-refractivity contribution in [1.29, 1.82) is 0 Å². The lowest BCUT2D eigenvalue weighted by Gasteiger charge is -2.32. The van der Waals surface area contributed by atoms with Crippen LogP contribution in [0.5, 0.6) is 0 Å². The summed E-state index contributed by atoms with van der Waals surface area (Å²) in [6.45, 7) is 10.8. The summed E-state index contributed by atoms with van der Waals surface area (Å²) < 4.78 is 0.646. The van der Waals surface area contributed by atoms with Gasteiger partial charge in [0.05, 0.1) is 21.1 Å². The molecule has 0 heterocycles. The van der Waals surface area contributed by atoms with Gasteiger partial charge in [0.15, 0.2) is 0 Å². The van der Waals surface area contributed by atoms with E-state index in [-0.39, 0.29) is 12.1 Å². The number of nitrogens with one attached hydrogen (secondary N) is 1. The van der Waals surface area contributed by atoms with Gasteiger partial charge in [0.2, 0.25) is 6.23 Å². The third-order valence-corrected chi connectivity index (χ3v) is 3.36. The maximum Gasteiger partial charge on any atom is 0.270 e. The van der Waals surface area contributed by atoms with E-state index >= 15 is 0 Å². The summed E-state index contributed by atoms with van der Waals surface area (Å²) in [7, 11) is 6.04. The quantitative estimate of drug-likeness (QED) is 0.368. The molecule has 1 aromatic rings. The number of carbonyl (C=O) groups excluding carboxylic acids is 1. The maximum absolute atomic E-state index is 11.1. The van der Waals surface area contributed by atoms with Crippen molar-refractivity contribution in [2.24, 2.45) is 0 Å². The number of hydrogen-bond acceptors (Lipinski definition) is 2. The number of benzene rings is 1. The molecule has 0 aromatic heterocycles. The lowest BCUT2D eigenvalue weighted by atomic mass is 10.2. The lowest BCUT2D eigenvalue weighted by Crippen LogP contribution is -2.49. The van der Waals surface area contributed by atoms with E-state index in [4.69, 9.17) is 16.4 Å². The number of hydrogen-bond donors (Lipinski definition) is 1. The summed E-state index contributed by atoms with van der Waals surface area (Å²) in [5.74, 6) is -0.267. The predicted molar refractivity (Wildman–Crippen MR) is 97.7 cm³/mol. The summed E-state index contributed by atoms with van der Waals surface area (Å²) in [6, 6.07) is 7.60. The van der Waals surface area contributed by atoms with Crippen molar-refractivity contribution in [3.8, 4) is 0 Å². The van der Waals surface area contributed by atoms with Crippen molar-refractivity contribution in [3.05, 3.63) is 53.6 Å². The summed E-state index contributed by atoms with van der Waals surface area (Å²) >= 11 is 5.75. The molecule has 0 fully saturated rings. The van der Waals surface area contributed by atoms with E-state index in [9.17, 15) is 4.79 Å². The molecule has 1 N–H and O–H groups in total. The first kappa shape index (κ1) is 21.4. The van der Waals surface area contributed by atoms with Crippen LogP contribution in [0.15, 0.2) is 43.0 Å². The first-order chi connectivity index (χ1) is 10.6. The molecule has 1 rings (SSSR count). The number of nitrogens with zero attached hydrogens (tertiary/aromatic N) is 1. The second kappa shape index (κ2) is 10.2. The van der Waals surface area contributed by atoms with Crippen LogP contribution in [0.3, 0.4) is 0 Å². The second-order valence-electron chi connectivity index (χ2n) is 6.03. The smallest absolute Gasteiger partial charge is 0.270 e. The molecule has 0 bridgehead atoms. The van der Waals surface area contributed by atoms with Crippen molar-refractivity contribution in [3.63, 3.8) is 0 Å². The molecule has 0 spiro atoms. The van der Waals surface area contributed by atoms with E-state index in [0.717, 1.165) is 17.0 Å². The van der Waals surface area contributed by atoms with E-state index < -0.39 is 0 Å². The van der Waals surface area contributed by atoms with Crippen LogP contribution in [-0.4, -0.2) is 37.8 Å². The highest BCUT2D eigenvalue weighted by atomic mass is 35.5. The summed E-state index contributed by atoms with van der Waals surface area (Å²) in [5.41, 5.74) is 3.82. The Bertz CT molecular complexity index is 536. The molecule has 0 radical (unpaired) electrons. The molecular formula is C18H28ClN2O2+. The van der Waals surface area contributed by atoms with Crippen LogP contribution in [-0.2, 0) is 9.63 Å². The minimum absolute atomic E-state index is 0.0432. The summed E-state index contributed by atoms with van der Waals surface area (Å²) in [4.78, 5) is 16.4. The van der Waals surface area contributed by atoms with Gasteiger partial charge in [-0.25, -0.2) is 10.3 Å². The van der Waals surface area contributed by atoms with E-state index in [0.29, 0.717) is 10.1 Å². The molecule has 0 saturated carbocycles. The molecule has 0 aliphatic carbocycles. The van der Waals surface area contributed by atoms with Crippen LogP contribution in [0, 0.1) is 0 Å². The molecule has 1 atom stereocenters. The Morgan fingerprint density at radius 2 is 1.96 bits per heavy atom. The predicted octanol–water partition coefficient (Wildman–Crippen LogP) is 4.04. The van der Waals surface area contributed by atoms with Crippen molar-refractivity contribution < 1.29 is 14.1 Å². The largest absolute Gasteiger partial charge is 0.304 e. The lowest BCUT2D eigenvalue weighted by molar-refractivity contribution is -0.921. The number of halogens is 1. The van der Waals surface area contributed by atoms with Crippen molar-refractivity contribution >= 4 is 23.6 Å². The Kier molecular flexibility index (Phi) is 9.49. The summed E-state index contributed by atoms with van der Waals surface area (Å²) in [5, 5.41) is 0.757. The number of carbonyl (C=O) groups is 1. The van der Waals surface area contributed by atoms with E-state index in [1.165, 1.54) is 0 Å². The van der Waals surface area contributed by atoms with Gasteiger partial charge in [0, 0.05) is 17.0 Å². The average Bonchev–Trinajstić information content (AvgIpc) is 2.47. The molecule has 0 aliphatic rings. The highest BCUT2D eigenvalue weighted by Crippen LogP contribution is 2.14. The standard InChI is InChI=1S/C10H20N2O2.C8H7Cl/c1-7-9(12(4,5)6)14-11-10(13)8(2)3;1-2-7-5-3-4-6-8(7)9/h9H,2,7H2,1,3-6H3;2-6H,1H2/p+1. The number of amides is 1. The van der Waals surface area contributed by atoms with Gasteiger partial charge in [-0.05, 0) is 18.6 Å². The molecule has 0 saturated heterocycles. The first-order valence-corrected chi connectivity index (χ1v) is 7.80. The molecule has 4 nitrogen and oxygen atoms in total. The molecule has 128 valence electrons.